The van der Waals surface area contributed by atoms with Crippen molar-refractivity contribution in [2.45, 2.75) is 103 Å². The number of esters is 1. The Kier molecular flexibility index (Phi) is 6.24. The fourth-order valence-corrected chi connectivity index (χ4v) is 3.22. The topological polar surface area (TPSA) is 54.0 Å². The smallest absolute Gasteiger partial charge is 0.309 e. The van der Waals surface area contributed by atoms with Crippen molar-refractivity contribution in [3.63, 3.8) is 0 Å². The Labute approximate surface area is 133 Å². The van der Waals surface area contributed by atoms with Crippen molar-refractivity contribution in [1.82, 2.24) is 0 Å². The zero-order valence-electron chi connectivity index (χ0n) is 14.3. The van der Waals surface area contributed by atoms with E-state index in [0.29, 0.717) is 6.42 Å². The third-order valence-electron chi connectivity index (χ3n) is 4.45. The van der Waals surface area contributed by atoms with E-state index in [-0.39, 0.29) is 30.6 Å². The molecule has 5 nitrogen and oxygen atoms in total. The van der Waals surface area contributed by atoms with Crippen molar-refractivity contribution in [3.8, 4) is 0 Å². The van der Waals surface area contributed by atoms with Gasteiger partial charge in [0.15, 0.2) is 24.3 Å². The van der Waals surface area contributed by atoms with Crippen LogP contribution in [0, 0.1) is 0 Å². The molecule has 5 heteroatoms. The van der Waals surface area contributed by atoms with Gasteiger partial charge in [-0.05, 0) is 12.8 Å². The summed E-state index contributed by atoms with van der Waals surface area (Å²) in [6.07, 6.45) is 6.12. The number of hydrogen-bond acceptors (Lipinski definition) is 5. The Bertz CT molecular complexity index is 362. The van der Waals surface area contributed by atoms with Gasteiger partial charge < -0.3 is 18.9 Å². The lowest BCUT2D eigenvalue weighted by atomic mass is 10.1. The monoisotopic (exact) mass is 314 g/mol. The van der Waals surface area contributed by atoms with Crippen molar-refractivity contribution in [3.05, 3.63) is 0 Å². The minimum Gasteiger partial charge on any atom is -0.456 e. The molecule has 0 radical (unpaired) electrons. The van der Waals surface area contributed by atoms with E-state index in [4.69, 9.17) is 18.9 Å². The van der Waals surface area contributed by atoms with Crippen LogP contribution in [0.5, 0.6) is 0 Å². The summed E-state index contributed by atoms with van der Waals surface area (Å²) in [6.45, 7) is 8.36. The summed E-state index contributed by atoms with van der Waals surface area (Å²) in [6, 6.07) is 0. The maximum absolute atomic E-state index is 11.2. The van der Waals surface area contributed by atoms with Crippen molar-refractivity contribution >= 4 is 5.97 Å². The van der Waals surface area contributed by atoms with Crippen LogP contribution in [0.15, 0.2) is 0 Å². The molecule has 0 amide bonds. The molecule has 4 rings (SSSR count). The van der Waals surface area contributed by atoms with E-state index >= 15 is 0 Å². The Morgan fingerprint density at radius 3 is 2.27 bits per heavy atom. The zero-order valence-corrected chi connectivity index (χ0v) is 14.3. The highest BCUT2D eigenvalue weighted by molar-refractivity contribution is 5.73. The van der Waals surface area contributed by atoms with E-state index in [1.807, 2.05) is 13.8 Å². The molecule has 1 saturated carbocycles. The molecule has 4 atom stereocenters. The normalized spacial score (nSPS) is 36.8. The number of hydrogen-bond donors (Lipinski definition) is 0. The second-order valence-electron chi connectivity index (χ2n) is 6.02. The van der Waals surface area contributed by atoms with E-state index in [2.05, 4.69) is 13.8 Å². The number of carbonyl (C=O) groups excluding carboxylic acids is 1. The summed E-state index contributed by atoms with van der Waals surface area (Å²) >= 11 is 0. The SMILES string of the molecule is CC.CCCC.O=C1CC2OC3OC4(CCCC4)OC3C2O1. The Balaban J connectivity index is 0.000000259. The Morgan fingerprint density at radius 2 is 1.68 bits per heavy atom. The van der Waals surface area contributed by atoms with Crippen LogP contribution in [0.4, 0.5) is 0 Å². The standard InChI is InChI=1S/C11H14O5.C4H10.C2H6/c12-7-5-6-8(14-7)9-10(13-6)16-11(15-9)3-1-2-4-11;1-3-4-2;1-2/h6,8-10H,1-5H2;3-4H2,1-2H3;1-2H3. The maximum Gasteiger partial charge on any atom is 0.309 e. The summed E-state index contributed by atoms with van der Waals surface area (Å²) in [5.74, 6) is -0.639. The Hall–Kier alpha value is -0.650. The molecule has 0 aromatic heterocycles. The van der Waals surface area contributed by atoms with Crippen LogP contribution in [0.3, 0.4) is 0 Å². The quantitative estimate of drug-likeness (QED) is 0.693. The number of unbranched alkanes of at least 4 members (excludes halogenated alkanes) is 1. The molecule has 0 aromatic rings. The van der Waals surface area contributed by atoms with Crippen LogP contribution >= 0.6 is 0 Å². The second kappa shape index (κ2) is 7.75. The lowest BCUT2D eigenvalue weighted by Gasteiger charge is -2.24. The highest BCUT2D eigenvalue weighted by atomic mass is 16.8. The van der Waals surface area contributed by atoms with E-state index in [1.165, 1.54) is 12.8 Å². The molecular formula is C17H30O5. The third kappa shape index (κ3) is 3.47. The summed E-state index contributed by atoms with van der Waals surface area (Å²) in [5.41, 5.74) is 0. The predicted molar refractivity (Wildman–Crippen MR) is 82.2 cm³/mol. The average Bonchev–Trinajstić information content (AvgIpc) is 3.26. The van der Waals surface area contributed by atoms with Gasteiger partial charge in [0.25, 0.3) is 0 Å². The van der Waals surface area contributed by atoms with Crippen molar-refractivity contribution in [2.75, 3.05) is 0 Å². The lowest BCUT2D eigenvalue weighted by Crippen LogP contribution is -2.34. The first kappa shape index (κ1) is 17.7. The molecule has 1 aliphatic carbocycles. The minimum absolute atomic E-state index is 0.166. The lowest BCUT2D eigenvalue weighted by molar-refractivity contribution is -0.224. The van der Waals surface area contributed by atoms with E-state index in [1.54, 1.807) is 0 Å². The molecule has 0 N–H and O–H groups in total. The van der Waals surface area contributed by atoms with E-state index < -0.39 is 5.79 Å². The van der Waals surface area contributed by atoms with Gasteiger partial charge in [-0.15, -0.1) is 0 Å². The van der Waals surface area contributed by atoms with Gasteiger partial charge in [0.05, 0.1) is 6.42 Å². The summed E-state index contributed by atoms with van der Waals surface area (Å²) in [5, 5.41) is 0. The molecule has 4 fully saturated rings. The van der Waals surface area contributed by atoms with Gasteiger partial charge in [-0.1, -0.05) is 40.5 Å². The summed E-state index contributed by atoms with van der Waals surface area (Å²) in [7, 11) is 0. The minimum atomic E-state index is -0.449. The molecule has 22 heavy (non-hydrogen) atoms. The maximum atomic E-state index is 11.2. The molecule has 4 unspecified atom stereocenters. The second-order valence-corrected chi connectivity index (χ2v) is 6.02. The van der Waals surface area contributed by atoms with Crippen LogP contribution in [0.2, 0.25) is 0 Å². The highest BCUT2D eigenvalue weighted by Gasteiger charge is 2.61. The van der Waals surface area contributed by atoms with Gasteiger partial charge in [-0.3, -0.25) is 4.79 Å². The van der Waals surface area contributed by atoms with Crippen molar-refractivity contribution < 1.29 is 23.7 Å². The van der Waals surface area contributed by atoms with Gasteiger partial charge in [-0.25, -0.2) is 0 Å². The molecule has 4 aliphatic rings. The summed E-state index contributed by atoms with van der Waals surface area (Å²) < 4.78 is 22.7. The van der Waals surface area contributed by atoms with Gasteiger partial charge in [0.1, 0.15) is 6.10 Å². The van der Waals surface area contributed by atoms with Crippen molar-refractivity contribution in [1.29, 1.82) is 0 Å². The number of carbonyl (C=O) groups is 1. The molecule has 128 valence electrons. The first-order chi connectivity index (χ1) is 10.7. The Morgan fingerprint density at radius 1 is 1.05 bits per heavy atom. The van der Waals surface area contributed by atoms with E-state index in [0.717, 1.165) is 25.7 Å². The average molecular weight is 314 g/mol. The van der Waals surface area contributed by atoms with Gasteiger partial charge in [0, 0.05) is 12.8 Å². The van der Waals surface area contributed by atoms with Gasteiger partial charge in [-0.2, -0.15) is 0 Å². The number of fused-ring (bicyclic) bond motifs is 3. The van der Waals surface area contributed by atoms with Gasteiger partial charge >= 0.3 is 5.97 Å². The van der Waals surface area contributed by atoms with Crippen LogP contribution in [0.1, 0.15) is 72.6 Å². The molecule has 3 aliphatic heterocycles. The zero-order chi connectivity index (χ0) is 16.2. The third-order valence-corrected chi connectivity index (χ3v) is 4.45. The highest BCUT2D eigenvalue weighted by Crippen LogP contribution is 2.48. The molecule has 3 saturated heterocycles. The molecular weight excluding hydrogens is 284 g/mol. The van der Waals surface area contributed by atoms with Crippen molar-refractivity contribution in [2.24, 2.45) is 0 Å². The van der Waals surface area contributed by atoms with Crippen LogP contribution in [-0.4, -0.2) is 36.4 Å². The predicted octanol–water partition coefficient (Wildman–Crippen LogP) is 3.55. The van der Waals surface area contributed by atoms with Crippen LogP contribution in [0.25, 0.3) is 0 Å². The number of ether oxygens (including phenoxy) is 4. The first-order valence-electron chi connectivity index (χ1n) is 8.88. The molecule has 3 heterocycles. The fraction of sp³-hybridized carbons (Fsp3) is 0.941. The largest absolute Gasteiger partial charge is 0.456 e. The molecule has 1 spiro atoms. The fourth-order valence-electron chi connectivity index (χ4n) is 3.22. The first-order valence-corrected chi connectivity index (χ1v) is 8.88. The van der Waals surface area contributed by atoms with Crippen LogP contribution < -0.4 is 0 Å². The summed E-state index contributed by atoms with van der Waals surface area (Å²) in [4.78, 5) is 11.2. The molecule has 0 aromatic carbocycles. The van der Waals surface area contributed by atoms with Gasteiger partial charge in [0.2, 0.25) is 0 Å². The number of rotatable bonds is 1. The van der Waals surface area contributed by atoms with Crippen LogP contribution in [-0.2, 0) is 23.7 Å². The van der Waals surface area contributed by atoms with E-state index in [9.17, 15) is 4.79 Å². The molecule has 0 bridgehead atoms.